The van der Waals surface area contributed by atoms with Gasteiger partial charge >= 0.3 is 6.09 Å². The molecule has 0 heterocycles. The highest BCUT2D eigenvalue weighted by molar-refractivity contribution is 5.86. The van der Waals surface area contributed by atoms with Crippen molar-refractivity contribution in [3.63, 3.8) is 0 Å². The zero-order valence-corrected chi connectivity index (χ0v) is 22.8. The first kappa shape index (κ1) is 30.1. The molecule has 1 fully saturated rings. The Morgan fingerprint density at radius 3 is 2.42 bits per heavy atom. The Labute approximate surface area is 217 Å². The number of unbranched alkanes of at least 4 members (excludes halogenated alkanes) is 3. The summed E-state index contributed by atoms with van der Waals surface area (Å²) in [6.45, 7) is 8.52. The van der Waals surface area contributed by atoms with Crippen molar-refractivity contribution in [2.75, 3.05) is 6.61 Å². The molecule has 2 amide bonds. The molecule has 1 unspecified atom stereocenters. The third kappa shape index (κ3) is 10.1. The molecule has 1 aliphatic carbocycles. The van der Waals surface area contributed by atoms with Gasteiger partial charge in [-0.1, -0.05) is 84.8 Å². The SMILES string of the molecule is CCCCC=Cc1c([C@H](O)[C@H](CCCC)NC(=O)C(CC(C)C)NC(=O)OCC2CCCCC2)c1=O. The van der Waals surface area contributed by atoms with Crippen LogP contribution in [0.2, 0.25) is 0 Å². The van der Waals surface area contributed by atoms with Crippen LogP contribution in [0.25, 0.3) is 6.08 Å². The lowest BCUT2D eigenvalue weighted by atomic mass is 9.90. The zero-order chi connectivity index (χ0) is 26.5. The number of alkyl carbamates (subject to hydrolysis) is 1. The lowest BCUT2D eigenvalue weighted by Crippen LogP contribution is -2.51. The van der Waals surface area contributed by atoms with Crippen molar-refractivity contribution >= 4 is 18.1 Å². The van der Waals surface area contributed by atoms with Crippen molar-refractivity contribution in [3.05, 3.63) is 27.4 Å². The van der Waals surface area contributed by atoms with E-state index >= 15 is 0 Å². The van der Waals surface area contributed by atoms with E-state index in [0.29, 0.717) is 36.5 Å². The molecule has 1 aromatic carbocycles. The van der Waals surface area contributed by atoms with E-state index in [1.807, 2.05) is 26.8 Å². The predicted octanol–water partition coefficient (Wildman–Crippen LogP) is 5.56. The van der Waals surface area contributed by atoms with Crippen molar-refractivity contribution in [3.8, 4) is 0 Å². The number of aliphatic hydroxyl groups is 1. The molecule has 1 aromatic rings. The Hall–Kier alpha value is -2.15. The van der Waals surface area contributed by atoms with Crippen LogP contribution in [0.4, 0.5) is 4.79 Å². The predicted molar refractivity (Wildman–Crippen MR) is 144 cm³/mol. The van der Waals surface area contributed by atoms with E-state index in [1.54, 1.807) is 6.08 Å². The summed E-state index contributed by atoms with van der Waals surface area (Å²) in [5.41, 5.74) is 0.816. The van der Waals surface area contributed by atoms with Gasteiger partial charge in [0.05, 0.1) is 12.6 Å². The van der Waals surface area contributed by atoms with Crippen LogP contribution in [-0.2, 0) is 9.53 Å². The molecule has 7 nitrogen and oxygen atoms in total. The fourth-order valence-corrected chi connectivity index (χ4v) is 4.83. The van der Waals surface area contributed by atoms with E-state index in [-0.39, 0.29) is 17.3 Å². The highest BCUT2D eigenvalue weighted by Gasteiger charge is 2.34. The molecule has 1 saturated carbocycles. The average Bonchev–Trinajstić information content (AvgIpc) is 3.51. The molecule has 1 aliphatic rings. The van der Waals surface area contributed by atoms with Crippen molar-refractivity contribution < 1.29 is 19.4 Å². The molecule has 36 heavy (non-hydrogen) atoms. The summed E-state index contributed by atoms with van der Waals surface area (Å²) in [7, 11) is 0. The summed E-state index contributed by atoms with van der Waals surface area (Å²) in [6.07, 6.45) is 13.6. The van der Waals surface area contributed by atoms with Gasteiger partial charge in [0.15, 0.2) is 5.43 Å². The third-order valence-electron chi connectivity index (χ3n) is 7.09. The van der Waals surface area contributed by atoms with E-state index in [4.69, 9.17) is 4.74 Å². The summed E-state index contributed by atoms with van der Waals surface area (Å²) in [4.78, 5) is 38.1. The number of amides is 2. The second-order valence-corrected chi connectivity index (χ2v) is 10.8. The smallest absolute Gasteiger partial charge is 0.407 e. The Kier molecular flexibility index (Phi) is 13.2. The number of carbonyl (C=O) groups excluding carboxylic acids is 2. The number of nitrogens with one attached hydrogen (secondary N) is 2. The lowest BCUT2D eigenvalue weighted by molar-refractivity contribution is -0.125. The van der Waals surface area contributed by atoms with E-state index in [0.717, 1.165) is 44.9 Å². The minimum Gasteiger partial charge on any atom is -0.449 e. The summed E-state index contributed by atoms with van der Waals surface area (Å²) in [6, 6.07) is -1.36. The maximum atomic E-state index is 13.2. The Balaban J connectivity index is 2.00. The molecule has 0 spiro atoms. The van der Waals surface area contributed by atoms with Gasteiger partial charge in [-0.05, 0) is 43.9 Å². The standard InChI is InChI=1S/C29H48N2O5/c1-5-7-9-13-16-22-25(26(22)32)27(33)23(17-8-6-2)30-28(34)24(18-20(3)4)31-29(35)36-19-21-14-11-10-12-15-21/h13,16,20-21,23-24,27,33H,5-12,14-15,17-19H2,1-4H3,(H,30,34)(H,31,35)/t23-,24?,27+/m0/s1. The molecule has 0 saturated heterocycles. The molecule has 3 atom stereocenters. The summed E-state index contributed by atoms with van der Waals surface area (Å²) >= 11 is 0. The lowest BCUT2D eigenvalue weighted by Gasteiger charge is -2.27. The second kappa shape index (κ2) is 15.9. The monoisotopic (exact) mass is 504 g/mol. The number of hydrogen-bond donors (Lipinski definition) is 3. The second-order valence-electron chi connectivity index (χ2n) is 10.8. The van der Waals surface area contributed by atoms with E-state index < -0.39 is 24.3 Å². The van der Waals surface area contributed by atoms with Gasteiger partial charge in [-0.15, -0.1) is 0 Å². The van der Waals surface area contributed by atoms with Crippen LogP contribution in [0, 0.1) is 11.8 Å². The van der Waals surface area contributed by atoms with Gasteiger partial charge in [0.1, 0.15) is 12.1 Å². The third-order valence-corrected chi connectivity index (χ3v) is 7.09. The highest BCUT2D eigenvalue weighted by Crippen LogP contribution is 2.27. The molecule has 0 aliphatic heterocycles. The number of hydrogen-bond acceptors (Lipinski definition) is 5. The molecule has 204 valence electrons. The van der Waals surface area contributed by atoms with Gasteiger partial charge < -0.3 is 20.5 Å². The van der Waals surface area contributed by atoms with E-state index in [2.05, 4.69) is 17.6 Å². The number of ether oxygens (including phenoxy) is 1. The maximum absolute atomic E-state index is 13.2. The minimum absolute atomic E-state index is 0.130. The Morgan fingerprint density at radius 2 is 1.78 bits per heavy atom. The number of allylic oxidation sites excluding steroid dienone is 1. The molecular formula is C29H48N2O5. The number of rotatable bonds is 16. The molecular weight excluding hydrogens is 456 g/mol. The fourth-order valence-electron chi connectivity index (χ4n) is 4.83. The largest absolute Gasteiger partial charge is 0.449 e. The topological polar surface area (TPSA) is 105 Å². The fraction of sp³-hybridized carbons (Fsp3) is 0.759. The molecule has 0 aromatic heterocycles. The first-order valence-electron chi connectivity index (χ1n) is 14.2. The molecule has 3 N–H and O–H groups in total. The van der Waals surface area contributed by atoms with Crippen LogP contribution in [0.5, 0.6) is 0 Å². The van der Waals surface area contributed by atoms with Gasteiger partial charge in [-0.3, -0.25) is 9.59 Å². The normalized spacial score (nSPS) is 17.4. The minimum atomic E-state index is -1.06. The van der Waals surface area contributed by atoms with Gasteiger partial charge in [0.2, 0.25) is 5.91 Å². The average molecular weight is 505 g/mol. The number of carbonyl (C=O) groups is 2. The summed E-state index contributed by atoms with van der Waals surface area (Å²) < 4.78 is 5.45. The summed E-state index contributed by atoms with van der Waals surface area (Å²) in [5, 5.41) is 16.7. The van der Waals surface area contributed by atoms with Crippen molar-refractivity contribution in [2.45, 2.75) is 123 Å². The van der Waals surface area contributed by atoms with Gasteiger partial charge in [0.25, 0.3) is 0 Å². The van der Waals surface area contributed by atoms with Crippen LogP contribution in [-0.4, -0.2) is 35.8 Å². The van der Waals surface area contributed by atoms with Crippen LogP contribution < -0.4 is 16.1 Å². The van der Waals surface area contributed by atoms with Crippen molar-refractivity contribution in [1.82, 2.24) is 10.6 Å². The van der Waals surface area contributed by atoms with Crippen LogP contribution in [0.15, 0.2) is 10.9 Å². The van der Waals surface area contributed by atoms with Crippen LogP contribution >= 0.6 is 0 Å². The van der Waals surface area contributed by atoms with Gasteiger partial charge in [-0.2, -0.15) is 0 Å². The first-order valence-corrected chi connectivity index (χ1v) is 14.2. The van der Waals surface area contributed by atoms with Crippen molar-refractivity contribution in [1.29, 1.82) is 0 Å². The number of aliphatic hydroxyl groups excluding tert-OH is 1. The van der Waals surface area contributed by atoms with Crippen LogP contribution in [0.1, 0.15) is 122 Å². The first-order chi connectivity index (χ1) is 17.3. The van der Waals surface area contributed by atoms with Gasteiger partial charge in [-0.25, -0.2) is 4.79 Å². The van der Waals surface area contributed by atoms with Gasteiger partial charge in [0, 0.05) is 11.1 Å². The highest BCUT2D eigenvalue weighted by atomic mass is 16.5. The van der Waals surface area contributed by atoms with Crippen LogP contribution in [0.3, 0.4) is 0 Å². The van der Waals surface area contributed by atoms with Crippen molar-refractivity contribution in [2.24, 2.45) is 11.8 Å². The Bertz CT molecular complexity index is 833. The van der Waals surface area contributed by atoms with E-state index in [1.165, 1.54) is 19.3 Å². The molecule has 2 rings (SSSR count). The zero-order valence-electron chi connectivity index (χ0n) is 22.8. The molecule has 0 radical (unpaired) electrons. The Morgan fingerprint density at radius 1 is 1.08 bits per heavy atom. The molecule has 7 heteroatoms. The molecule has 0 bridgehead atoms. The quantitative estimate of drug-likeness (QED) is 0.256. The summed E-state index contributed by atoms with van der Waals surface area (Å²) in [5.74, 6) is 0.211. The van der Waals surface area contributed by atoms with E-state index in [9.17, 15) is 19.5 Å². The maximum Gasteiger partial charge on any atom is 0.407 e.